The number of hydrogen-bond acceptors (Lipinski definition) is 7. The van der Waals surface area contributed by atoms with E-state index in [1.54, 1.807) is 61.8 Å². The fourth-order valence-electron chi connectivity index (χ4n) is 4.17. The summed E-state index contributed by atoms with van der Waals surface area (Å²) in [6.07, 6.45) is 4.78. The molecular weight excluding hydrogens is 498 g/mol. The summed E-state index contributed by atoms with van der Waals surface area (Å²) in [5, 5.41) is 8.16. The number of carbonyl (C=O) groups excluding carboxylic acids is 3. The van der Waals surface area contributed by atoms with Crippen LogP contribution >= 0.6 is 0 Å². The van der Waals surface area contributed by atoms with Crippen LogP contribution in [-0.4, -0.2) is 46.4 Å². The van der Waals surface area contributed by atoms with Crippen LogP contribution in [0.3, 0.4) is 0 Å². The number of anilines is 1. The monoisotopic (exact) mass is 527 g/mol. The molecule has 0 aliphatic carbocycles. The van der Waals surface area contributed by atoms with Crippen LogP contribution in [0.15, 0.2) is 73.2 Å². The number of Topliss-reactive ketones (excluding diaryl/α,β-unsaturated/α-hetero) is 1. The Bertz CT molecular complexity index is 1510. The number of nitrogens with two attached hydrogens (primary N) is 1. The summed E-state index contributed by atoms with van der Waals surface area (Å²) in [6, 6.07) is 15.6. The van der Waals surface area contributed by atoms with Crippen molar-refractivity contribution in [2.45, 2.75) is 19.8 Å². The molecule has 10 nitrogen and oxygen atoms in total. The largest absolute Gasteiger partial charge is 0.465 e. The number of ether oxygens (including phenoxy) is 2. The summed E-state index contributed by atoms with van der Waals surface area (Å²) in [7, 11) is 1.84. The summed E-state index contributed by atoms with van der Waals surface area (Å²) in [6.45, 7) is 1.52. The van der Waals surface area contributed by atoms with Crippen LogP contribution in [0, 0.1) is 5.41 Å². The number of rotatable bonds is 10. The number of esters is 1. The highest BCUT2D eigenvalue weighted by Gasteiger charge is 2.23. The molecule has 0 atom stereocenters. The quantitative estimate of drug-likeness (QED) is 0.136. The minimum absolute atomic E-state index is 0.00525. The third kappa shape index (κ3) is 6.48. The molecule has 39 heavy (non-hydrogen) atoms. The predicted molar refractivity (Wildman–Crippen MR) is 147 cm³/mol. The van der Waals surface area contributed by atoms with E-state index in [-0.39, 0.29) is 36.9 Å². The number of carbonyl (C=O) groups is 3. The lowest BCUT2D eigenvalue weighted by atomic mass is 10.0. The number of amides is 1. The van der Waals surface area contributed by atoms with Crippen LogP contribution in [0.25, 0.3) is 10.9 Å². The molecule has 0 radical (unpaired) electrons. The molecule has 0 unspecified atom stereocenters. The molecule has 0 aliphatic heterocycles. The Labute approximate surface area is 225 Å². The molecule has 0 spiro atoms. The number of aryl methyl sites for hydroxylation is 2. The smallest absolute Gasteiger partial charge is 0.420 e. The van der Waals surface area contributed by atoms with Crippen molar-refractivity contribution in [2.75, 3.05) is 18.1 Å². The second-order valence-electron chi connectivity index (χ2n) is 8.84. The fourth-order valence-corrected chi connectivity index (χ4v) is 4.17. The Balaban J connectivity index is 1.53. The van der Waals surface area contributed by atoms with E-state index in [2.05, 4.69) is 4.98 Å². The van der Waals surface area contributed by atoms with Gasteiger partial charge in [0.15, 0.2) is 5.78 Å². The van der Waals surface area contributed by atoms with Crippen molar-refractivity contribution < 1.29 is 23.9 Å². The molecule has 0 fully saturated rings. The highest BCUT2D eigenvalue weighted by molar-refractivity contribution is 6.08. The van der Waals surface area contributed by atoms with Gasteiger partial charge in [-0.05, 0) is 49.2 Å². The summed E-state index contributed by atoms with van der Waals surface area (Å²) < 4.78 is 12.5. The van der Waals surface area contributed by atoms with E-state index in [0.717, 1.165) is 16.0 Å². The van der Waals surface area contributed by atoms with Crippen molar-refractivity contribution >= 4 is 40.3 Å². The van der Waals surface area contributed by atoms with Gasteiger partial charge in [-0.15, -0.1) is 0 Å². The molecule has 4 rings (SSSR count). The Morgan fingerprint density at radius 3 is 2.54 bits per heavy atom. The lowest BCUT2D eigenvalue weighted by Gasteiger charge is -2.20. The number of nitrogens with one attached hydrogen (secondary N) is 1. The summed E-state index contributed by atoms with van der Waals surface area (Å²) >= 11 is 0. The molecular formula is C29H29N5O5. The van der Waals surface area contributed by atoms with Crippen molar-refractivity contribution in [3.05, 3.63) is 89.9 Å². The van der Waals surface area contributed by atoms with E-state index in [4.69, 9.17) is 20.6 Å². The number of benzene rings is 2. The highest BCUT2D eigenvalue weighted by atomic mass is 16.6. The van der Waals surface area contributed by atoms with Gasteiger partial charge in [0.25, 0.3) is 0 Å². The van der Waals surface area contributed by atoms with E-state index in [0.29, 0.717) is 28.6 Å². The molecule has 0 saturated heterocycles. The zero-order chi connectivity index (χ0) is 27.9. The molecule has 0 saturated carbocycles. The van der Waals surface area contributed by atoms with Gasteiger partial charge in [0.1, 0.15) is 18.1 Å². The normalized spacial score (nSPS) is 10.7. The van der Waals surface area contributed by atoms with Gasteiger partial charge in [0.2, 0.25) is 0 Å². The van der Waals surface area contributed by atoms with Gasteiger partial charge in [0.05, 0.1) is 18.5 Å². The van der Waals surface area contributed by atoms with E-state index in [1.165, 1.54) is 6.20 Å². The van der Waals surface area contributed by atoms with Crippen LogP contribution in [-0.2, 0) is 23.0 Å². The Kier molecular flexibility index (Phi) is 8.35. The number of amidine groups is 1. The highest BCUT2D eigenvalue weighted by Crippen LogP contribution is 2.28. The van der Waals surface area contributed by atoms with Crippen molar-refractivity contribution in [2.24, 2.45) is 12.8 Å². The Morgan fingerprint density at radius 2 is 1.87 bits per heavy atom. The molecule has 4 aromatic rings. The number of hydrogen-bond donors (Lipinski definition) is 2. The van der Waals surface area contributed by atoms with Crippen molar-refractivity contribution in [1.82, 2.24) is 9.55 Å². The minimum Gasteiger partial charge on any atom is -0.465 e. The van der Waals surface area contributed by atoms with E-state index in [1.807, 2.05) is 23.7 Å². The first-order chi connectivity index (χ1) is 18.8. The zero-order valence-electron chi connectivity index (χ0n) is 21.7. The average Bonchev–Trinajstić information content (AvgIpc) is 3.26. The van der Waals surface area contributed by atoms with E-state index < -0.39 is 12.1 Å². The lowest BCUT2D eigenvalue weighted by Crippen LogP contribution is -2.38. The van der Waals surface area contributed by atoms with Crippen LogP contribution in [0.2, 0.25) is 0 Å². The third-order valence-electron chi connectivity index (χ3n) is 6.14. The van der Waals surface area contributed by atoms with Gasteiger partial charge in [-0.2, -0.15) is 0 Å². The third-order valence-corrected chi connectivity index (χ3v) is 6.14. The Hall–Kier alpha value is -4.99. The lowest BCUT2D eigenvalue weighted by molar-refractivity contribution is -0.141. The Morgan fingerprint density at radius 1 is 1.10 bits per heavy atom. The maximum Gasteiger partial charge on any atom is 0.420 e. The van der Waals surface area contributed by atoms with E-state index in [9.17, 15) is 14.4 Å². The maximum absolute atomic E-state index is 13.2. The summed E-state index contributed by atoms with van der Waals surface area (Å²) in [5.41, 5.74) is 8.80. The predicted octanol–water partition coefficient (Wildman–Crippen LogP) is 4.24. The molecule has 200 valence electrons. The second-order valence-corrected chi connectivity index (χ2v) is 8.84. The number of ketones is 1. The first-order valence-electron chi connectivity index (χ1n) is 12.4. The molecule has 1 amide bonds. The first kappa shape index (κ1) is 27.1. The number of pyridine rings is 1. The van der Waals surface area contributed by atoms with Crippen LogP contribution in [0.1, 0.15) is 34.8 Å². The van der Waals surface area contributed by atoms with Gasteiger partial charge in [-0.3, -0.25) is 24.9 Å². The average molecular weight is 528 g/mol. The van der Waals surface area contributed by atoms with Gasteiger partial charge in [0, 0.05) is 47.9 Å². The molecule has 10 heteroatoms. The van der Waals surface area contributed by atoms with Crippen LogP contribution < -0.4 is 15.4 Å². The number of fused-ring (bicyclic) bond motifs is 1. The first-order valence-corrected chi connectivity index (χ1v) is 12.4. The molecule has 0 bridgehead atoms. The molecule has 2 aromatic carbocycles. The number of nitrogens with zero attached hydrogens (tertiary/aromatic N) is 3. The molecule has 2 aromatic heterocycles. The van der Waals surface area contributed by atoms with Crippen molar-refractivity contribution in [3.8, 4) is 5.75 Å². The fraction of sp³-hybridized carbons (Fsp3) is 0.207. The van der Waals surface area contributed by atoms with Gasteiger partial charge < -0.3 is 19.8 Å². The topological polar surface area (TPSA) is 141 Å². The van der Waals surface area contributed by atoms with Crippen LogP contribution in [0.5, 0.6) is 5.75 Å². The number of nitrogen functional groups attached to an aromatic ring is 1. The maximum atomic E-state index is 13.2. The van der Waals surface area contributed by atoms with Gasteiger partial charge in [-0.1, -0.05) is 24.3 Å². The zero-order valence-corrected chi connectivity index (χ0v) is 21.7. The molecule has 2 heterocycles. The summed E-state index contributed by atoms with van der Waals surface area (Å²) in [4.78, 5) is 43.6. The second kappa shape index (κ2) is 12.0. The van der Waals surface area contributed by atoms with Gasteiger partial charge in [-0.25, -0.2) is 4.79 Å². The van der Waals surface area contributed by atoms with Gasteiger partial charge >= 0.3 is 12.1 Å². The van der Waals surface area contributed by atoms with Crippen LogP contribution in [0.4, 0.5) is 10.5 Å². The van der Waals surface area contributed by atoms with E-state index >= 15 is 0 Å². The molecule has 0 aliphatic rings. The minimum atomic E-state index is -0.784. The number of aromatic nitrogens is 2. The van der Waals surface area contributed by atoms with Crippen molar-refractivity contribution in [1.29, 1.82) is 5.41 Å². The van der Waals surface area contributed by atoms with Crippen molar-refractivity contribution in [3.63, 3.8) is 0 Å². The summed E-state index contributed by atoms with van der Waals surface area (Å²) in [5.74, 6) is -0.417. The SMILES string of the molecule is CCOC(=O)CN(C(=O)Oc1ccc2c(c1)c(C(=O)CCc1ccc(C(=N)N)cc1)cn2C)c1cccnc1. The molecule has 3 N–H and O–H groups in total. The standard InChI is InChI=1S/C29H29N5O5/c1-3-38-27(36)18-34(21-5-4-14-32-16-21)29(37)39-22-11-12-25-23(15-22)24(17-33(25)2)26(35)13-8-19-6-9-20(10-7-19)28(30)31/h4-7,9-12,14-17H,3,8,13,18H2,1-2H3,(H3,30,31).